The Morgan fingerprint density at radius 2 is 0.958 bits per heavy atom. The van der Waals surface area contributed by atoms with Crippen LogP contribution in [0.3, 0.4) is 0 Å². The molecule has 1 aliphatic heterocycles. The van der Waals surface area contributed by atoms with E-state index in [1.165, 1.54) is 33.4 Å². The van der Waals surface area contributed by atoms with Gasteiger partial charge in [-0.1, -0.05) is 146 Å². The fourth-order valence-electron chi connectivity index (χ4n) is 7.87. The number of hydrogen-bond donors (Lipinski definition) is 0. The van der Waals surface area contributed by atoms with Crippen LogP contribution in [-0.2, 0) is 5.41 Å². The maximum Gasteiger partial charge on any atom is 0.160 e. The number of nitrogens with zero attached hydrogens (tertiary/aromatic N) is 2. The molecule has 0 radical (unpaired) electrons. The predicted octanol–water partition coefficient (Wildman–Crippen LogP) is 11.1. The Bertz CT molecular complexity index is 2490. The normalized spacial score (nSPS) is 13.3. The number of hydrogen-bond acceptors (Lipinski definition) is 3. The second kappa shape index (κ2) is 10.3. The Morgan fingerprint density at radius 1 is 0.396 bits per heavy atom. The lowest BCUT2D eigenvalue weighted by atomic mass is 9.66. The minimum Gasteiger partial charge on any atom is -0.457 e. The zero-order valence-electron chi connectivity index (χ0n) is 26.0. The van der Waals surface area contributed by atoms with E-state index in [0.29, 0.717) is 5.82 Å². The summed E-state index contributed by atoms with van der Waals surface area (Å²) in [6.07, 6.45) is 0. The van der Waals surface area contributed by atoms with Crippen LogP contribution in [0.4, 0.5) is 0 Å². The monoisotopic (exact) mass is 612 g/mol. The number of benzene rings is 7. The van der Waals surface area contributed by atoms with Crippen molar-refractivity contribution in [3.05, 3.63) is 192 Å². The third-order valence-corrected chi connectivity index (χ3v) is 9.97. The minimum atomic E-state index is -0.541. The van der Waals surface area contributed by atoms with Gasteiger partial charge in [-0.2, -0.15) is 0 Å². The van der Waals surface area contributed by atoms with Crippen molar-refractivity contribution in [2.75, 3.05) is 0 Å². The minimum absolute atomic E-state index is 0.541. The van der Waals surface area contributed by atoms with Gasteiger partial charge in [0, 0.05) is 27.6 Å². The highest BCUT2D eigenvalue weighted by atomic mass is 16.5. The zero-order valence-corrected chi connectivity index (χ0v) is 26.0. The summed E-state index contributed by atoms with van der Waals surface area (Å²) in [5.74, 6) is 2.47. The van der Waals surface area contributed by atoms with Gasteiger partial charge in [-0.3, -0.25) is 0 Å². The highest BCUT2D eigenvalue weighted by Gasteiger charge is 2.51. The molecule has 2 aliphatic rings. The summed E-state index contributed by atoms with van der Waals surface area (Å²) >= 11 is 0. The summed E-state index contributed by atoms with van der Waals surface area (Å²) in [6.45, 7) is 0. The summed E-state index contributed by atoms with van der Waals surface area (Å²) in [7, 11) is 0. The van der Waals surface area contributed by atoms with Crippen LogP contribution in [0.2, 0.25) is 0 Å². The molecule has 3 heteroatoms. The van der Waals surface area contributed by atoms with Gasteiger partial charge in [-0.25, -0.2) is 9.97 Å². The van der Waals surface area contributed by atoms with Crippen molar-refractivity contribution in [1.82, 2.24) is 9.97 Å². The maximum atomic E-state index is 6.53. The molecule has 1 spiro atoms. The summed E-state index contributed by atoms with van der Waals surface area (Å²) in [4.78, 5) is 10.5. The number of fused-ring (bicyclic) bond motifs is 10. The molecule has 0 atom stereocenters. The molecule has 0 amide bonds. The fraction of sp³-hybridized carbons (Fsp3) is 0.0222. The lowest BCUT2D eigenvalue weighted by Crippen LogP contribution is -2.32. The van der Waals surface area contributed by atoms with Crippen molar-refractivity contribution in [3.63, 3.8) is 0 Å². The van der Waals surface area contributed by atoms with E-state index in [0.717, 1.165) is 50.3 Å². The first-order chi connectivity index (χ1) is 23.8. The molecule has 0 N–H and O–H groups in total. The van der Waals surface area contributed by atoms with Crippen LogP contribution >= 0.6 is 0 Å². The van der Waals surface area contributed by atoms with Crippen molar-refractivity contribution in [2.24, 2.45) is 0 Å². The topological polar surface area (TPSA) is 35.0 Å². The van der Waals surface area contributed by atoms with Crippen molar-refractivity contribution >= 4 is 10.9 Å². The summed E-state index contributed by atoms with van der Waals surface area (Å²) in [5.41, 5.74) is 13.0. The average Bonchev–Trinajstić information content (AvgIpc) is 3.45. The van der Waals surface area contributed by atoms with Gasteiger partial charge < -0.3 is 4.74 Å². The average molecular weight is 613 g/mol. The third-order valence-electron chi connectivity index (χ3n) is 9.97. The largest absolute Gasteiger partial charge is 0.457 e. The molecule has 0 saturated carbocycles. The van der Waals surface area contributed by atoms with Gasteiger partial charge in [0.2, 0.25) is 0 Å². The van der Waals surface area contributed by atoms with Crippen molar-refractivity contribution in [1.29, 1.82) is 0 Å². The standard InChI is InChI=1S/C45H28N2O/c1-2-12-29(13-3-1)30-22-24-31(25-23-30)43-35-15-5-9-19-40(35)46-44(47-43)32-26-27-34-33-14-4-6-16-36(33)45(39(34)28-32)37-17-7-10-20-41(37)48-42-21-11-8-18-38(42)45/h1-28H. The van der Waals surface area contributed by atoms with Crippen LogP contribution in [0.5, 0.6) is 11.5 Å². The first-order valence-electron chi connectivity index (χ1n) is 16.3. The van der Waals surface area contributed by atoms with E-state index in [1.807, 2.05) is 12.1 Å². The Morgan fingerprint density at radius 3 is 1.73 bits per heavy atom. The Kier molecular flexibility index (Phi) is 5.79. The first kappa shape index (κ1) is 26.9. The van der Waals surface area contributed by atoms with Gasteiger partial charge in [0.25, 0.3) is 0 Å². The molecule has 0 fully saturated rings. The van der Waals surface area contributed by atoms with E-state index in [-0.39, 0.29) is 0 Å². The maximum absolute atomic E-state index is 6.53. The molecule has 3 nitrogen and oxygen atoms in total. The molecule has 7 aromatic carbocycles. The third kappa shape index (κ3) is 3.82. The Hall–Kier alpha value is -6.32. The number of para-hydroxylation sites is 3. The quantitative estimate of drug-likeness (QED) is 0.199. The Labute approximate surface area is 278 Å². The van der Waals surface area contributed by atoms with Crippen LogP contribution < -0.4 is 4.74 Å². The molecular formula is C45H28N2O. The van der Waals surface area contributed by atoms with E-state index in [2.05, 4.69) is 158 Å². The molecule has 48 heavy (non-hydrogen) atoms. The van der Waals surface area contributed by atoms with E-state index in [1.54, 1.807) is 0 Å². The molecule has 0 unspecified atom stereocenters. The fourth-order valence-corrected chi connectivity index (χ4v) is 7.87. The molecule has 0 saturated heterocycles. The molecule has 0 bridgehead atoms. The molecule has 8 aromatic rings. The second-order valence-electron chi connectivity index (χ2n) is 12.5. The smallest absolute Gasteiger partial charge is 0.160 e. The van der Waals surface area contributed by atoms with E-state index >= 15 is 0 Å². The first-order valence-corrected chi connectivity index (χ1v) is 16.3. The van der Waals surface area contributed by atoms with Crippen LogP contribution in [0, 0.1) is 0 Å². The summed E-state index contributed by atoms with van der Waals surface area (Å²) in [5, 5.41) is 1.03. The van der Waals surface area contributed by atoms with Gasteiger partial charge >= 0.3 is 0 Å². The van der Waals surface area contributed by atoms with Crippen LogP contribution in [0.15, 0.2) is 170 Å². The number of ether oxygens (including phenoxy) is 1. The van der Waals surface area contributed by atoms with Crippen LogP contribution in [-0.4, -0.2) is 9.97 Å². The molecule has 2 heterocycles. The van der Waals surface area contributed by atoms with Gasteiger partial charge in [0.1, 0.15) is 11.5 Å². The summed E-state index contributed by atoms with van der Waals surface area (Å²) in [6, 6.07) is 60.0. The molecule has 1 aliphatic carbocycles. The van der Waals surface area contributed by atoms with Gasteiger partial charge in [0.15, 0.2) is 5.82 Å². The molecule has 1 aromatic heterocycles. The summed E-state index contributed by atoms with van der Waals surface area (Å²) < 4.78 is 6.53. The van der Waals surface area contributed by atoms with Crippen molar-refractivity contribution in [2.45, 2.75) is 5.41 Å². The Balaban J connectivity index is 1.20. The van der Waals surface area contributed by atoms with Gasteiger partial charge in [-0.15, -0.1) is 0 Å². The van der Waals surface area contributed by atoms with Gasteiger partial charge in [-0.05, 0) is 57.6 Å². The van der Waals surface area contributed by atoms with Crippen molar-refractivity contribution in [3.8, 4) is 56.4 Å². The number of aromatic nitrogens is 2. The lowest BCUT2D eigenvalue weighted by molar-refractivity contribution is 0.436. The van der Waals surface area contributed by atoms with Crippen molar-refractivity contribution < 1.29 is 4.74 Å². The lowest BCUT2D eigenvalue weighted by Gasteiger charge is -2.39. The zero-order chi connectivity index (χ0) is 31.7. The second-order valence-corrected chi connectivity index (χ2v) is 12.5. The van der Waals surface area contributed by atoms with Gasteiger partial charge in [0.05, 0.1) is 16.6 Å². The predicted molar refractivity (Wildman–Crippen MR) is 193 cm³/mol. The number of rotatable bonds is 3. The van der Waals surface area contributed by atoms with Crippen LogP contribution in [0.1, 0.15) is 22.3 Å². The van der Waals surface area contributed by atoms with E-state index in [4.69, 9.17) is 14.7 Å². The molecule has 10 rings (SSSR count). The van der Waals surface area contributed by atoms with E-state index in [9.17, 15) is 0 Å². The van der Waals surface area contributed by atoms with E-state index < -0.39 is 5.41 Å². The van der Waals surface area contributed by atoms with Crippen LogP contribution in [0.25, 0.3) is 55.8 Å². The molecule has 224 valence electrons. The molecular weight excluding hydrogens is 585 g/mol. The SMILES string of the molecule is c1ccc(-c2ccc(-c3nc(-c4ccc5c(c4)C4(c6ccccc6Oc6ccccc64)c4ccccc4-5)nc4ccccc34)cc2)cc1. The highest BCUT2D eigenvalue weighted by Crippen LogP contribution is 2.62. The highest BCUT2D eigenvalue weighted by molar-refractivity contribution is 5.95.